The van der Waals surface area contributed by atoms with Crippen LogP contribution >= 0.6 is 0 Å². The maximum Gasteiger partial charge on any atom is 0.161 e. The highest BCUT2D eigenvalue weighted by molar-refractivity contribution is 4.70. The van der Waals surface area contributed by atoms with Crippen molar-refractivity contribution in [3.63, 3.8) is 0 Å². The van der Waals surface area contributed by atoms with Crippen molar-refractivity contribution in [3.8, 4) is 0 Å². The molecule has 0 spiro atoms. The first-order chi connectivity index (χ1) is 5.81. The lowest BCUT2D eigenvalue weighted by Gasteiger charge is -2.18. The molecule has 2 atom stereocenters. The molecule has 0 aromatic rings. The predicted octanol–water partition coefficient (Wildman–Crippen LogP) is 0.614. The highest BCUT2D eigenvalue weighted by atomic mass is 16.7. The molecule has 12 heavy (non-hydrogen) atoms. The third-order valence-electron chi connectivity index (χ3n) is 2.10. The second-order valence-corrected chi connectivity index (χ2v) is 2.83. The van der Waals surface area contributed by atoms with E-state index in [-0.39, 0.29) is 18.5 Å². The Kier molecular flexibility index (Phi) is 3.94. The molecule has 0 bridgehead atoms. The summed E-state index contributed by atoms with van der Waals surface area (Å²) in [5.74, 6) is 0.282. The Morgan fingerprint density at radius 3 is 2.33 bits per heavy atom. The second-order valence-electron chi connectivity index (χ2n) is 2.83. The van der Waals surface area contributed by atoms with Crippen LogP contribution in [0.4, 0.5) is 0 Å². The number of hydrogen-bond acceptors (Lipinski definition) is 4. The molecule has 0 radical (unpaired) electrons. The van der Waals surface area contributed by atoms with Gasteiger partial charge in [-0.25, -0.2) is 0 Å². The molecule has 0 saturated carbocycles. The van der Waals surface area contributed by atoms with Gasteiger partial charge in [0, 0.05) is 33.7 Å². The molecular formula is C8H16O4. The fraction of sp³-hybridized carbons (Fsp3) is 1.00. The van der Waals surface area contributed by atoms with Crippen LogP contribution in [-0.2, 0) is 18.9 Å². The Labute approximate surface area is 72.7 Å². The molecule has 72 valence electrons. The van der Waals surface area contributed by atoms with Gasteiger partial charge < -0.3 is 18.9 Å². The van der Waals surface area contributed by atoms with Crippen LogP contribution in [0.15, 0.2) is 0 Å². The Morgan fingerprint density at radius 1 is 1.25 bits per heavy atom. The fourth-order valence-electron chi connectivity index (χ4n) is 1.45. The maximum absolute atomic E-state index is 5.32. The van der Waals surface area contributed by atoms with Crippen LogP contribution in [0.3, 0.4) is 0 Å². The van der Waals surface area contributed by atoms with Gasteiger partial charge in [-0.2, -0.15) is 0 Å². The molecule has 0 aromatic heterocycles. The van der Waals surface area contributed by atoms with Crippen LogP contribution in [-0.4, -0.2) is 40.5 Å². The largest absolute Gasteiger partial charge is 0.356 e. The first-order valence-corrected chi connectivity index (χ1v) is 4.01. The summed E-state index contributed by atoms with van der Waals surface area (Å²) in [6, 6.07) is 0. The van der Waals surface area contributed by atoms with Crippen LogP contribution in [0.2, 0.25) is 0 Å². The molecular weight excluding hydrogens is 160 g/mol. The molecule has 4 heteroatoms. The molecule has 0 aromatic carbocycles. The summed E-state index contributed by atoms with van der Waals surface area (Å²) in [5.41, 5.74) is 0. The lowest BCUT2D eigenvalue weighted by molar-refractivity contribution is -0.136. The van der Waals surface area contributed by atoms with Crippen molar-refractivity contribution in [2.75, 3.05) is 27.9 Å². The van der Waals surface area contributed by atoms with Gasteiger partial charge in [0.05, 0.1) is 6.61 Å². The topological polar surface area (TPSA) is 36.9 Å². The zero-order valence-corrected chi connectivity index (χ0v) is 7.78. The first kappa shape index (κ1) is 9.92. The molecule has 1 rings (SSSR count). The standard InChI is InChI=1S/C8H16O4/c1-9-7-4-6(5-12-7)8(10-2)11-3/h6-8H,4-5H2,1-3H3. The van der Waals surface area contributed by atoms with Gasteiger partial charge in [0.25, 0.3) is 0 Å². The van der Waals surface area contributed by atoms with E-state index in [1.807, 2.05) is 0 Å². The predicted molar refractivity (Wildman–Crippen MR) is 42.7 cm³/mol. The molecule has 0 N–H and O–H groups in total. The Morgan fingerprint density at radius 2 is 1.92 bits per heavy atom. The highest BCUT2D eigenvalue weighted by Crippen LogP contribution is 2.24. The van der Waals surface area contributed by atoms with Gasteiger partial charge in [-0.3, -0.25) is 0 Å². The van der Waals surface area contributed by atoms with E-state index < -0.39 is 0 Å². The van der Waals surface area contributed by atoms with Crippen molar-refractivity contribution in [2.45, 2.75) is 19.0 Å². The smallest absolute Gasteiger partial charge is 0.161 e. The summed E-state index contributed by atoms with van der Waals surface area (Å²) < 4.78 is 20.6. The molecule has 1 aliphatic heterocycles. The molecule has 1 fully saturated rings. The SMILES string of the molecule is COC1CC(C(OC)OC)CO1. The van der Waals surface area contributed by atoms with E-state index in [2.05, 4.69) is 0 Å². The Balaban J connectivity index is 2.34. The first-order valence-electron chi connectivity index (χ1n) is 4.01. The van der Waals surface area contributed by atoms with Crippen LogP contribution in [0.1, 0.15) is 6.42 Å². The minimum Gasteiger partial charge on any atom is -0.356 e. The van der Waals surface area contributed by atoms with Gasteiger partial charge in [0.15, 0.2) is 12.6 Å². The average molecular weight is 176 g/mol. The monoisotopic (exact) mass is 176 g/mol. The van der Waals surface area contributed by atoms with Gasteiger partial charge in [-0.05, 0) is 0 Å². The minimum atomic E-state index is -0.176. The zero-order valence-electron chi connectivity index (χ0n) is 7.78. The third-order valence-corrected chi connectivity index (χ3v) is 2.10. The lowest BCUT2D eigenvalue weighted by Crippen LogP contribution is -2.25. The molecule has 0 amide bonds. The van der Waals surface area contributed by atoms with Crippen molar-refractivity contribution >= 4 is 0 Å². The van der Waals surface area contributed by atoms with Crippen LogP contribution in [0, 0.1) is 5.92 Å². The number of rotatable bonds is 4. The van der Waals surface area contributed by atoms with Gasteiger partial charge in [0.2, 0.25) is 0 Å². The zero-order chi connectivity index (χ0) is 8.97. The van der Waals surface area contributed by atoms with Crippen molar-refractivity contribution < 1.29 is 18.9 Å². The third kappa shape index (κ3) is 2.17. The van der Waals surface area contributed by atoms with E-state index in [0.717, 1.165) is 6.42 Å². The van der Waals surface area contributed by atoms with Gasteiger partial charge in [0.1, 0.15) is 0 Å². The second kappa shape index (κ2) is 4.77. The van der Waals surface area contributed by atoms with E-state index in [0.29, 0.717) is 6.61 Å². The number of methoxy groups -OCH3 is 3. The van der Waals surface area contributed by atoms with Crippen LogP contribution in [0.5, 0.6) is 0 Å². The van der Waals surface area contributed by atoms with E-state index in [1.54, 1.807) is 21.3 Å². The maximum atomic E-state index is 5.32. The summed E-state index contributed by atoms with van der Waals surface area (Å²) in [4.78, 5) is 0. The molecule has 1 aliphatic rings. The van der Waals surface area contributed by atoms with Gasteiger partial charge >= 0.3 is 0 Å². The fourth-order valence-corrected chi connectivity index (χ4v) is 1.45. The summed E-state index contributed by atoms with van der Waals surface area (Å²) >= 11 is 0. The summed E-state index contributed by atoms with van der Waals surface area (Å²) in [7, 11) is 4.91. The van der Waals surface area contributed by atoms with E-state index in [1.165, 1.54) is 0 Å². The normalized spacial score (nSPS) is 30.0. The van der Waals surface area contributed by atoms with Gasteiger partial charge in [-0.15, -0.1) is 0 Å². The molecule has 1 saturated heterocycles. The van der Waals surface area contributed by atoms with E-state index in [4.69, 9.17) is 18.9 Å². The lowest BCUT2D eigenvalue weighted by atomic mass is 10.1. The summed E-state index contributed by atoms with van der Waals surface area (Å²) in [6.07, 6.45) is 0.566. The average Bonchev–Trinajstić information content (AvgIpc) is 2.55. The van der Waals surface area contributed by atoms with Crippen LogP contribution in [0.25, 0.3) is 0 Å². The van der Waals surface area contributed by atoms with E-state index in [9.17, 15) is 0 Å². The minimum absolute atomic E-state index is 0.0946. The molecule has 1 heterocycles. The van der Waals surface area contributed by atoms with Crippen molar-refractivity contribution in [1.29, 1.82) is 0 Å². The Hall–Kier alpha value is -0.160. The molecule has 4 nitrogen and oxygen atoms in total. The highest BCUT2D eigenvalue weighted by Gasteiger charge is 2.31. The molecule has 0 aliphatic carbocycles. The van der Waals surface area contributed by atoms with Crippen molar-refractivity contribution in [2.24, 2.45) is 5.92 Å². The molecule has 2 unspecified atom stereocenters. The quantitative estimate of drug-likeness (QED) is 0.588. The Bertz CT molecular complexity index is 124. The van der Waals surface area contributed by atoms with E-state index >= 15 is 0 Å². The summed E-state index contributed by atoms with van der Waals surface area (Å²) in [6.45, 7) is 0.644. The van der Waals surface area contributed by atoms with Crippen LogP contribution < -0.4 is 0 Å². The number of hydrogen-bond donors (Lipinski definition) is 0. The van der Waals surface area contributed by atoms with Gasteiger partial charge in [-0.1, -0.05) is 0 Å². The number of ether oxygens (including phenoxy) is 4. The summed E-state index contributed by atoms with van der Waals surface area (Å²) in [5, 5.41) is 0. The van der Waals surface area contributed by atoms with Crippen molar-refractivity contribution in [1.82, 2.24) is 0 Å². The van der Waals surface area contributed by atoms with Crippen molar-refractivity contribution in [3.05, 3.63) is 0 Å².